The molecule has 1 heterocycles. The molecule has 0 saturated carbocycles. The number of sulfonamides is 1. The number of H-pyrrole nitrogens is 1. The Morgan fingerprint density at radius 2 is 1.85 bits per heavy atom. The Hall–Kier alpha value is -3.66. The largest absolute Gasteiger partial charge is 0.496 e. The summed E-state index contributed by atoms with van der Waals surface area (Å²) < 4.78 is 29.7. The Bertz CT molecular complexity index is 1430. The zero-order valence-electron chi connectivity index (χ0n) is 19.0. The van der Waals surface area contributed by atoms with Gasteiger partial charge in [0.15, 0.2) is 0 Å². The zero-order valence-corrected chi connectivity index (χ0v) is 19.9. The predicted octanol–water partition coefficient (Wildman–Crippen LogP) is 2.38. The van der Waals surface area contributed by atoms with E-state index in [-0.39, 0.29) is 5.41 Å². The molecule has 0 aliphatic rings. The van der Waals surface area contributed by atoms with E-state index >= 15 is 0 Å². The summed E-state index contributed by atoms with van der Waals surface area (Å²) in [6.07, 6.45) is 3.85. The van der Waals surface area contributed by atoms with E-state index in [2.05, 4.69) is 14.9 Å². The fourth-order valence-electron chi connectivity index (χ4n) is 3.35. The Kier molecular flexibility index (Phi) is 6.59. The molecule has 0 amide bonds. The van der Waals surface area contributed by atoms with E-state index in [0.717, 1.165) is 22.9 Å². The Labute approximate surface area is 191 Å². The zero-order chi connectivity index (χ0) is 24.4. The summed E-state index contributed by atoms with van der Waals surface area (Å²) in [6.45, 7) is 6.11. The van der Waals surface area contributed by atoms with Crippen molar-refractivity contribution in [3.63, 3.8) is 0 Å². The van der Waals surface area contributed by atoms with Crippen LogP contribution < -0.4 is 20.8 Å². The summed E-state index contributed by atoms with van der Waals surface area (Å²) >= 11 is 0. The minimum absolute atomic E-state index is 0.319. The average Bonchev–Trinajstić information content (AvgIpc) is 2.71. The molecule has 174 valence electrons. The third-order valence-electron chi connectivity index (χ3n) is 4.82. The van der Waals surface area contributed by atoms with E-state index in [0.29, 0.717) is 17.0 Å². The fraction of sp³-hybridized carbons (Fsp3) is 0.261. The second-order valence-corrected chi connectivity index (χ2v) is 10.3. The van der Waals surface area contributed by atoms with E-state index in [1.54, 1.807) is 19.2 Å². The molecule has 2 N–H and O–H groups in total. The molecule has 0 fully saturated rings. The minimum atomic E-state index is -3.46. The van der Waals surface area contributed by atoms with Crippen molar-refractivity contribution in [3.05, 3.63) is 80.6 Å². The van der Waals surface area contributed by atoms with Gasteiger partial charge in [-0.2, -0.15) is 5.10 Å². The summed E-state index contributed by atoms with van der Waals surface area (Å²) in [5, 5.41) is 3.76. The van der Waals surface area contributed by atoms with Crippen molar-refractivity contribution < 1.29 is 13.2 Å². The first kappa shape index (κ1) is 24.0. The molecular formula is C23H26N4O5S. The van der Waals surface area contributed by atoms with Gasteiger partial charge in [0.05, 0.1) is 25.3 Å². The van der Waals surface area contributed by atoms with Crippen molar-refractivity contribution in [2.24, 2.45) is 5.10 Å². The summed E-state index contributed by atoms with van der Waals surface area (Å²) in [5.74, 6) is 0.645. The number of rotatable bonds is 6. The highest BCUT2D eigenvalue weighted by molar-refractivity contribution is 7.88. The molecule has 0 atom stereocenters. The molecule has 0 saturated heterocycles. The number of ether oxygens (including phenoxy) is 1. The maximum atomic E-state index is 12.5. The summed E-state index contributed by atoms with van der Waals surface area (Å²) in [7, 11) is -1.87. The van der Waals surface area contributed by atoms with Gasteiger partial charge in [0.1, 0.15) is 5.75 Å². The first-order valence-electron chi connectivity index (χ1n) is 10.0. The molecule has 0 spiro atoms. The molecule has 0 bridgehead atoms. The number of nitrogens with zero attached hydrogens (tertiary/aromatic N) is 2. The van der Waals surface area contributed by atoms with Crippen LogP contribution in [0.25, 0.3) is 16.8 Å². The topological polar surface area (TPSA) is 123 Å². The maximum absolute atomic E-state index is 12.5. The quantitative estimate of drug-likeness (QED) is 0.423. The molecule has 1 aromatic heterocycles. The highest BCUT2D eigenvalue weighted by atomic mass is 32.2. The normalized spacial score (nSPS) is 12.2. The van der Waals surface area contributed by atoms with Crippen LogP contribution in [-0.4, -0.2) is 37.5 Å². The van der Waals surface area contributed by atoms with Gasteiger partial charge >= 0.3 is 5.69 Å². The Morgan fingerprint density at radius 1 is 1.12 bits per heavy atom. The van der Waals surface area contributed by atoms with Gasteiger partial charge in [0, 0.05) is 23.4 Å². The molecule has 0 aliphatic carbocycles. The van der Waals surface area contributed by atoms with Crippen LogP contribution in [-0.2, 0) is 15.4 Å². The number of methoxy groups -OCH3 is 1. The van der Waals surface area contributed by atoms with Gasteiger partial charge in [0.2, 0.25) is 10.0 Å². The number of aromatic amines is 1. The molecule has 0 unspecified atom stereocenters. The van der Waals surface area contributed by atoms with Crippen LogP contribution >= 0.6 is 0 Å². The predicted molar refractivity (Wildman–Crippen MR) is 129 cm³/mol. The van der Waals surface area contributed by atoms with Crippen molar-refractivity contribution in [1.82, 2.24) is 14.4 Å². The van der Waals surface area contributed by atoms with Crippen LogP contribution in [0.1, 0.15) is 31.9 Å². The van der Waals surface area contributed by atoms with Crippen LogP contribution in [0.4, 0.5) is 0 Å². The lowest BCUT2D eigenvalue weighted by Crippen LogP contribution is -2.27. The van der Waals surface area contributed by atoms with Crippen LogP contribution in [0.15, 0.2) is 63.4 Å². The summed E-state index contributed by atoms with van der Waals surface area (Å²) in [4.78, 5) is 28.3. The molecular weight excluding hydrogens is 444 g/mol. The van der Waals surface area contributed by atoms with Crippen LogP contribution in [0, 0.1) is 0 Å². The van der Waals surface area contributed by atoms with Crippen molar-refractivity contribution >= 4 is 16.2 Å². The lowest BCUT2D eigenvalue weighted by Gasteiger charge is -2.25. The van der Waals surface area contributed by atoms with E-state index in [4.69, 9.17) is 4.74 Å². The second-order valence-electron chi connectivity index (χ2n) is 8.55. The Morgan fingerprint density at radius 3 is 2.45 bits per heavy atom. The van der Waals surface area contributed by atoms with Crippen molar-refractivity contribution in [1.29, 1.82) is 0 Å². The number of hydrogen-bond donors (Lipinski definition) is 2. The number of hydrogen-bond acceptors (Lipinski definition) is 6. The molecule has 0 radical (unpaired) electrons. The van der Waals surface area contributed by atoms with Gasteiger partial charge in [-0.3, -0.25) is 14.3 Å². The highest BCUT2D eigenvalue weighted by Gasteiger charge is 2.24. The van der Waals surface area contributed by atoms with Crippen molar-refractivity contribution in [2.45, 2.75) is 26.2 Å². The van der Waals surface area contributed by atoms with Gasteiger partial charge in [-0.25, -0.2) is 18.0 Å². The third kappa shape index (κ3) is 5.78. The van der Waals surface area contributed by atoms with E-state index < -0.39 is 21.3 Å². The first-order valence-corrected chi connectivity index (χ1v) is 11.9. The molecule has 33 heavy (non-hydrogen) atoms. The lowest BCUT2D eigenvalue weighted by molar-refractivity contribution is 0.399. The first-order chi connectivity index (χ1) is 15.4. The van der Waals surface area contributed by atoms with E-state index in [1.165, 1.54) is 23.0 Å². The second kappa shape index (κ2) is 9.07. The number of benzene rings is 2. The van der Waals surface area contributed by atoms with Crippen LogP contribution in [0.5, 0.6) is 5.75 Å². The van der Waals surface area contributed by atoms with Gasteiger partial charge in [-0.15, -0.1) is 0 Å². The highest BCUT2D eigenvalue weighted by Crippen LogP contribution is 2.41. The molecule has 2 aromatic carbocycles. The Balaban J connectivity index is 2.23. The van der Waals surface area contributed by atoms with Crippen LogP contribution in [0.2, 0.25) is 0 Å². The molecule has 3 aromatic rings. The van der Waals surface area contributed by atoms with Crippen molar-refractivity contribution in [2.75, 3.05) is 13.4 Å². The number of hydrazone groups is 1. The van der Waals surface area contributed by atoms with Crippen LogP contribution in [0.3, 0.4) is 0 Å². The van der Waals surface area contributed by atoms with E-state index in [1.807, 2.05) is 45.0 Å². The van der Waals surface area contributed by atoms with Crippen molar-refractivity contribution in [3.8, 4) is 22.6 Å². The van der Waals surface area contributed by atoms with Gasteiger partial charge in [-0.05, 0) is 34.7 Å². The SMILES string of the molecule is COc1c(-c2cccc(/C=N/NS(C)(=O)=O)c2)cc(-n2ccc(=O)[nH]c2=O)cc1C(C)(C)C. The molecule has 3 rings (SSSR count). The average molecular weight is 471 g/mol. The lowest BCUT2D eigenvalue weighted by atomic mass is 9.83. The minimum Gasteiger partial charge on any atom is -0.496 e. The molecule has 9 nitrogen and oxygen atoms in total. The number of aromatic nitrogens is 2. The fourth-order valence-corrected chi connectivity index (χ4v) is 3.59. The standard InChI is InChI=1S/C23H26N4O5S/c1-23(2,3)19-13-17(27-10-9-20(28)25-22(27)29)12-18(21(19)32-4)16-8-6-7-15(11-16)14-24-26-33(5,30)31/h6-14,26H,1-5H3,(H,25,28,29)/b24-14+. The van der Waals surface area contributed by atoms with Gasteiger partial charge < -0.3 is 4.74 Å². The maximum Gasteiger partial charge on any atom is 0.332 e. The monoisotopic (exact) mass is 470 g/mol. The molecule has 0 aliphatic heterocycles. The molecule has 10 heteroatoms. The summed E-state index contributed by atoms with van der Waals surface area (Å²) in [6, 6.07) is 12.3. The number of nitrogens with one attached hydrogen (secondary N) is 2. The van der Waals surface area contributed by atoms with Gasteiger partial charge in [-0.1, -0.05) is 39.0 Å². The third-order valence-corrected chi connectivity index (χ3v) is 5.25. The van der Waals surface area contributed by atoms with Gasteiger partial charge in [0.25, 0.3) is 5.56 Å². The summed E-state index contributed by atoms with van der Waals surface area (Å²) in [5.41, 5.74) is 2.25. The smallest absolute Gasteiger partial charge is 0.332 e. The van der Waals surface area contributed by atoms with E-state index in [9.17, 15) is 18.0 Å².